The third-order valence-corrected chi connectivity index (χ3v) is 6.53. The topological polar surface area (TPSA) is 110 Å². The molecule has 1 amide bonds. The summed E-state index contributed by atoms with van der Waals surface area (Å²) in [6.45, 7) is 7.04. The highest BCUT2D eigenvalue weighted by molar-refractivity contribution is 7.18. The predicted octanol–water partition coefficient (Wildman–Crippen LogP) is 4.24. The molecule has 0 bridgehead atoms. The highest BCUT2D eigenvalue weighted by Crippen LogP contribution is 2.44. The first kappa shape index (κ1) is 23.1. The summed E-state index contributed by atoms with van der Waals surface area (Å²) in [5, 5.41) is 11.3. The summed E-state index contributed by atoms with van der Waals surface area (Å²) in [6.07, 6.45) is 4.58. The van der Waals surface area contributed by atoms with Crippen molar-refractivity contribution >= 4 is 39.7 Å². The van der Waals surface area contributed by atoms with E-state index in [-0.39, 0.29) is 22.2 Å². The van der Waals surface area contributed by atoms with E-state index >= 15 is 0 Å². The number of hydrogen-bond acceptors (Lipinski definition) is 8. The quantitative estimate of drug-likeness (QED) is 0.179. The summed E-state index contributed by atoms with van der Waals surface area (Å²) in [4.78, 5) is 48.3. The largest absolute Gasteiger partial charge is 0.507 e. The van der Waals surface area contributed by atoms with Crippen LogP contribution >= 0.6 is 11.3 Å². The van der Waals surface area contributed by atoms with Crippen LogP contribution in [0.15, 0.2) is 67.0 Å². The lowest BCUT2D eigenvalue weighted by molar-refractivity contribution is -0.132. The Hall–Kier alpha value is -4.11. The van der Waals surface area contributed by atoms with Crippen LogP contribution in [0.2, 0.25) is 0 Å². The zero-order chi connectivity index (χ0) is 24.4. The van der Waals surface area contributed by atoms with Crippen molar-refractivity contribution in [3.8, 4) is 5.75 Å². The molecule has 0 spiro atoms. The van der Waals surface area contributed by atoms with Crippen molar-refractivity contribution in [2.24, 2.45) is 0 Å². The highest BCUT2D eigenvalue weighted by Gasteiger charge is 2.48. The van der Waals surface area contributed by atoms with Gasteiger partial charge in [0.1, 0.15) is 18.1 Å². The molecular formula is C25H21N3O5S. The summed E-state index contributed by atoms with van der Waals surface area (Å²) >= 11 is 1.04. The summed E-state index contributed by atoms with van der Waals surface area (Å²) in [5.41, 5.74) is 1.31. The van der Waals surface area contributed by atoms with Gasteiger partial charge in [-0.1, -0.05) is 36.1 Å². The Morgan fingerprint density at radius 3 is 2.47 bits per heavy atom. The Morgan fingerprint density at radius 1 is 1.21 bits per heavy atom. The molecule has 8 nitrogen and oxygen atoms in total. The van der Waals surface area contributed by atoms with Crippen LogP contribution in [0.1, 0.15) is 39.5 Å². The van der Waals surface area contributed by atoms with Crippen molar-refractivity contribution in [2.75, 3.05) is 11.5 Å². The van der Waals surface area contributed by atoms with Gasteiger partial charge in [-0.2, -0.15) is 0 Å². The van der Waals surface area contributed by atoms with Gasteiger partial charge >= 0.3 is 5.91 Å². The molecule has 3 aromatic rings. The third-order valence-electron chi connectivity index (χ3n) is 5.27. The van der Waals surface area contributed by atoms with Gasteiger partial charge in [0, 0.05) is 24.9 Å². The first-order valence-corrected chi connectivity index (χ1v) is 11.2. The molecule has 2 aromatic heterocycles. The van der Waals surface area contributed by atoms with Gasteiger partial charge in [-0.05, 0) is 36.8 Å². The summed E-state index contributed by atoms with van der Waals surface area (Å²) in [7, 11) is 0. The van der Waals surface area contributed by atoms with E-state index in [1.807, 2.05) is 0 Å². The molecule has 1 N–H and O–H groups in total. The van der Waals surface area contributed by atoms with Gasteiger partial charge in [0.05, 0.1) is 22.2 Å². The molecule has 1 saturated heterocycles. The van der Waals surface area contributed by atoms with E-state index in [1.165, 1.54) is 24.2 Å². The number of rotatable bonds is 7. The molecular weight excluding hydrogens is 454 g/mol. The van der Waals surface area contributed by atoms with Crippen molar-refractivity contribution in [1.82, 2.24) is 9.97 Å². The van der Waals surface area contributed by atoms with Gasteiger partial charge in [0.2, 0.25) is 0 Å². The molecule has 1 aliphatic rings. The molecule has 1 aliphatic heterocycles. The van der Waals surface area contributed by atoms with Crippen LogP contribution in [0.3, 0.4) is 0 Å². The molecule has 34 heavy (non-hydrogen) atoms. The van der Waals surface area contributed by atoms with Crippen LogP contribution in [-0.2, 0) is 9.59 Å². The van der Waals surface area contributed by atoms with E-state index in [0.717, 1.165) is 11.3 Å². The molecule has 0 aliphatic carbocycles. The van der Waals surface area contributed by atoms with Gasteiger partial charge in [-0.25, -0.2) is 4.98 Å². The number of nitrogens with zero attached hydrogens (tertiary/aromatic N) is 3. The maximum atomic E-state index is 13.2. The highest BCUT2D eigenvalue weighted by atomic mass is 32.1. The molecule has 1 atom stereocenters. The number of anilines is 1. The number of aryl methyl sites for hydroxylation is 1. The van der Waals surface area contributed by atoms with Crippen LogP contribution < -0.4 is 9.64 Å². The molecule has 9 heteroatoms. The second-order valence-electron chi connectivity index (χ2n) is 7.54. The second kappa shape index (κ2) is 9.40. The molecule has 0 radical (unpaired) electrons. The number of amides is 1. The number of aliphatic hydroxyl groups excluding tert-OH is 1. The number of thiazole rings is 1. The number of carbonyl (C=O) groups is 3. The predicted molar refractivity (Wildman–Crippen MR) is 128 cm³/mol. The number of carbonyl (C=O) groups excluding carboxylic acids is 3. The molecule has 3 heterocycles. The Balaban J connectivity index is 1.89. The average Bonchev–Trinajstić information content (AvgIpc) is 3.35. The lowest BCUT2D eigenvalue weighted by Crippen LogP contribution is -2.29. The second-order valence-corrected chi connectivity index (χ2v) is 8.52. The third kappa shape index (κ3) is 4.13. The first-order valence-electron chi connectivity index (χ1n) is 10.4. The van der Waals surface area contributed by atoms with Gasteiger partial charge in [-0.3, -0.25) is 24.3 Å². The Morgan fingerprint density at radius 2 is 1.88 bits per heavy atom. The zero-order valence-electron chi connectivity index (χ0n) is 18.5. The van der Waals surface area contributed by atoms with Crippen LogP contribution in [0.25, 0.3) is 5.76 Å². The van der Waals surface area contributed by atoms with Crippen LogP contribution in [0.4, 0.5) is 5.13 Å². The fraction of sp³-hybridized carbons (Fsp3) is 0.160. The maximum absolute atomic E-state index is 13.2. The van der Waals surface area contributed by atoms with Crippen molar-refractivity contribution in [3.05, 3.63) is 88.7 Å². The van der Waals surface area contributed by atoms with E-state index in [4.69, 9.17) is 4.74 Å². The van der Waals surface area contributed by atoms with Crippen LogP contribution in [0.5, 0.6) is 5.75 Å². The Kier molecular flexibility index (Phi) is 6.38. The summed E-state index contributed by atoms with van der Waals surface area (Å²) in [5.74, 6) is -1.60. The minimum atomic E-state index is -0.952. The maximum Gasteiger partial charge on any atom is 0.301 e. The average molecular weight is 476 g/mol. The SMILES string of the molecule is C=CCOc1ccc(C2C(=C(O)c3ccncc3)C(=O)C(=O)N2c2nc(C)c(C(C)=O)s2)cc1. The van der Waals surface area contributed by atoms with E-state index in [0.29, 0.717) is 34.1 Å². The first-order chi connectivity index (χ1) is 16.3. The number of aliphatic hydroxyl groups is 1. The van der Waals surface area contributed by atoms with Crippen LogP contribution in [0, 0.1) is 6.92 Å². The molecule has 0 saturated carbocycles. The standard InChI is InChI=1S/C25H21N3O5S/c1-4-13-33-18-7-5-16(6-8-18)20-19(21(30)17-9-11-26-12-10-17)22(31)24(32)28(20)25-27-14(2)23(34-25)15(3)29/h4-12,20,30H,1,13H2,2-3H3. The van der Waals surface area contributed by atoms with Gasteiger partial charge < -0.3 is 9.84 Å². The minimum absolute atomic E-state index is 0.0758. The van der Waals surface area contributed by atoms with E-state index in [1.54, 1.807) is 49.4 Å². The number of Topliss-reactive ketones (excluding diaryl/α,β-unsaturated/α-hetero) is 2. The molecule has 1 fully saturated rings. The fourth-order valence-corrected chi connectivity index (χ4v) is 4.71. The van der Waals surface area contributed by atoms with Crippen molar-refractivity contribution < 1.29 is 24.2 Å². The minimum Gasteiger partial charge on any atom is -0.507 e. The van der Waals surface area contributed by atoms with E-state index < -0.39 is 17.7 Å². The van der Waals surface area contributed by atoms with Gasteiger partial charge in [-0.15, -0.1) is 0 Å². The molecule has 4 rings (SSSR count). The Labute approximate surface area is 199 Å². The lowest BCUT2D eigenvalue weighted by atomic mass is 9.95. The number of benzene rings is 1. The normalized spacial score (nSPS) is 17.1. The molecule has 1 unspecified atom stereocenters. The van der Waals surface area contributed by atoms with Crippen molar-refractivity contribution in [2.45, 2.75) is 19.9 Å². The summed E-state index contributed by atoms with van der Waals surface area (Å²) in [6, 6.07) is 8.99. The van der Waals surface area contributed by atoms with E-state index in [9.17, 15) is 19.5 Å². The number of hydrogen-bond donors (Lipinski definition) is 1. The monoisotopic (exact) mass is 475 g/mol. The van der Waals surface area contributed by atoms with Crippen molar-refractivity contribution in [1.29, 1.82) is 0 Å². The van der Waals surface area contributed by atoms with Crippen LogP contribution in [-0.4, -0.2) is 39.2 Å². The lowest BCUT2D eigenvalue weighted by Gasteiger charge is -2.23. The number of ether oxygens (including phenoxy) is 1. The Bertz CT molecular complexity index is 1310. The zero-order valence-corrected chi connectivity index (χ0v) is 19.3. The van der Waals surface area contributed by atoms with Crippen molar-refractivity contribution in [3.63, 3.8) is 0 Å². The van der Waals surface area contributed by atoms with Gasteiger partial charge in [0.15, 0.2) is 10.9 Å². The number of aromatic nitrogens is 2. The molecule has 172 valence electrons. The smallest absolute Gasteiger partial charge is 0.301 e. The summed E-state index contributed by atoms with van der Waals surface area (Å²) < 4.78 is 5.53. The van der Waals surface area contributed by atoms with Gasteiger partial charge in [0.25, 0.3) is 5.78 Å². The number of ketones is 2. The molecule has 1 aromatic carbocycles. The van der Waals surface area contributed by atoms with E-state index in [2.05, 4.69) is 16.5 Å². The number of pyridine rings is 1. The fourth-order valence-electron chi connectivity index (χ4n) is 3.72.